The summed E-state index contributed by atoms with van der Waals surface area (Å²) >= 11 is 0. The van der Waals surface area contributed by atoms with Gasteiger partial charge in [0.2, 0.25) is 0 Å². The second-order valence-corrected chi connectivity index (χ2v) is 4.28. The maximum atomic E-state index is 12.1. The maximum absolute atomic E-state index is 12.1. The Bertz CT molecular complexity index is 595. The van der Waals surface area contributed by atoms with Crippen LogP contribution in [0.25, 0.3) is 10.9 Å². The molecule has 1 atom stereocenters. The average Bonchev–Trinajstić information content (AvgIpc) is 2.71. The van der Waals surface area contributed by atoms with Crippen molar-refractivity contribution in [1.29, 1.82) is 0 Å². The van der Waals surface area contributed by atoms with Gasteiger partial charge in [-0.05, 0) is 13.0 Å². The first-order valence-corrected chi connectivity index (χ1v) is 5.82. The number of fused-ring (bicyclic) bond motifs is 1. The van der Waals surface area contributed by atoms with Crippen LogP contribution < -0.4 is 5.32 Å². The molecule has 0 fully saturated rings. The smallest absolute Gasteiger partial charge is 0.265 e. The average molecular weight is 268 g/mol. The van der Waals surface area contributed by atoms with Gasteiger partial charge < -0.3 is 15.4 Å². The number of para-hydroxylation sites is 1. The number of aliphatic hydroxyl groups excluding tert-OH is 1. The Balaban J connectivity index is 2.20. The van der Waals surface area contributed by atoms with E-state index in [2.05, 4.69) is 10.3 Å². The number of rotatable bonds is 4. The monoisotopic (exact) mass is 268 g/mol. The summed E-state index contributed by atoms with van der Waals surface area (Å²) in [5, 5.41) is 12.0. The fourth-order valence-electron chi connectivity index (χ4n) is 1.94. The van der Waals surface area contributed by atoms with Gasteiger partial charge in [0.25, 0.3) is 12.3 Å². The molecule has 1 amide bonds. The molecular weight excluding hydrogens is 254 g/mol. The molecule has 0 spiro atoms. The van der Waals surface area contributed by atoms with E-state index in [1.807, 2.05) is 12.1 Å². The Morgan fingerprint density at radius 3 is 2.79 bits per heavy atom. The Labute approximate surface area is 108 Å². The first kappa shape index (κ1) is 13.5. The lowest BCUT2D eigenvalue weighted by Gasteiger charge is -2.10. The lowest BCUT2D eigenvalue weighted by molar-refractivity contribution is -0.00269. The molecule has 6 heteroatoms. The van der Waals surface area contributed by atoms with Crippen molar-refractivity contribution < 1.29 is 18.7 Å². The van der Waals surface area contributed by atoms with Gasteiger partial charge in [-0.3, -0.25) is 4.79 Å². The quantitative estimate of drug-likeness (QED) is 0.792. The van der Waals surface area contributed by atoms with E-state index < -0.39 is 25.0 Å². The van der Waals surface area contributed by atoms with E-state index in [9.17, 15) is 13.6 Å². The summed E-state index contributed by atoms with van der Waals surface area (Å²) < 4.78 is 24.3. The van der Waals surface area contributed by atoms with Crippen molar-refractivity contribution in [3.8, 4) is 0 Å². The van der Waals surface area contributed by atoms with Crippen molar-refractivity contribution in [1.82, 2.24) is 10.3 Å². The number of H-pyrrole nitrogens is 1. The minimum Gasteiger partial charge on any atom is -0.385 e. The molecular formula is C13H14F2N2O2. The minimum absolute atomic E-state index is 0.414. The summed E-state index contributed by atoms with van der Waals surface area (Å²) in [6.45, 7) is 1.26. The van der Waals surface area contributed by atoms with Gasteiger partial charge in [0.15, 0.2) is 0 Å². The van der Waals surface area contributed by atoms with Crippen molar-refractivity contribution in [3.05, 3.63) is 35.5 Å². The second-order valence-electron chi connectivity index (χ2n) is 4.28. The second kappa shape index (κ2) is 5.36. The number of carbonyl (C=O) groups is 1. The summed E-state index contributed by atoms with van der Waals surface area (Å²) in [5.74, 6) is -0.477. The molecule has 1 unspecified atom stereocenters. The lowest BCUT2D eigenvalue weighted by Crippen LogP contribution is -2.36. The van der Waals surface area contributed by atoms with Gasteiger partial charge in [0.1, 0.15) is 6.10 Å². The van der Waals surface area contributed by atoms with E-state index in [0.29, 0.717) is 11.3 Å². The van der Waals surface area contributed by atoms with Crippen molar-refractivity contribution in [2.45, 2.75) is 19.5 Å². The van der Waals surface area contributed by atoms with Crippen LogP contribution in [0.5, 0.6) is 0 Å². The highest BCUT2D eigenvalue weighted by Gasteiger charge is 2.20. The summed E-state index contributed by atoms with van der Waals surface area (Å²) in [4.78, 5) is 15.0. The van der Waals surface area contributed by atoms with Crippen LogP contribution in [0, 0.1) is 6.92 Å². The van der Waals surface area contributed by atoms with E-state index in [-0.39, 0.29) is 0 Å². The van der Waals surface area contributed by atoms with Crippen molar-refractivity contribution >= 4 is 16.8 Å². The third-order valence-electron chi connectivity index (χ3n) is 2.88. The minimum atomic E-state index is -2.87. The van der Waals surface area contributed by atoms with E-state index >= 15 is 0 Å². The number of aromatic amines is 1. The SMILES string of the molecule is Cc1[nH]c2ccccc2c1C(=O)NCC(O)C(F)F. The molecule has 1 aromatic heterocycles. The van der Waals surface area contributed by atoms with Gasteiger partial charge >= 0.3 is 0 Å². The molecule has 19 heavy (non-hydrogen) atoms. The third-order valence-corrected chi connectivity index (χ3v) is 2.88. The summed E-state index contributed by atoms with van der Waals surface area (Å²) in [7, 11) is 0. The number of amides is 1. The molecule has 3 N–H and O–H groups in total. The highest BCUT2D eigenvalue weighted by Crippen LogP contribution is 2.21. The van der Waals surface area contributed by atoms with Crippen LogP contribution in [0.1, 0.15) is 16.1 Å². The number of alkyl halides is 2. The summed E-state index contributed by atoms with van der Waals surface area (Å²) in [5.41, 5.74) is 1.88. The third kappa shape index (κ3) is 2.73. The molecule has 0 aliphatic rings. The Morgan fingerprint density at radius 1 is 1.42 bits per heavy atom. The molecule has 102 valence electrons. The van der Waals surface area contributed by atoms with E-state index in [4.69, 9.17) is 5.11 Å². The Hall–Kier alpha value is -1.95. The first-order valence-electron chi connectivity index (χ1n) is 5.82. The van der Waals surface area contributed by atoms with Crippen molar-refractivity contribution in [2.75, 3.05) is 6.54 Å². The number of halogens is 2. The molecule has 0 aliphatic heterocycles. The maximum Gasteiger partial charge on any atom is 0.265 e. The predicted molar refractivity (Wildman–Crippen MR) is 67.4 cm³/mol. The summed E-state index contributed by atoms with van der Waals surface area (Å²) in [6.07, 6.45) is -4.72. The highest BCUT2D eigenvalue weighted by atomic mass is 19.3. The van der Waals surface area contributed by atoms with Crippen molar-refractivity contribution in [2.24, 2.45) is 0 Å². The fraction of sp³-hybridized carbons (Fsp3) is 0.308. The zero-order valence-corrected chi connectivity index (χ0v) is 10.3. The van der Waals surface area contributed by atoms with E-state index in [1.54, 1.807) is 19.1 Å². The van der Waals surface area contributed by atoms with Crippen LogP contribution >= 0.6 is 0 Å². The van der Waals surface area contributed by atoms with E-state index in [1.165, 1.54) is 0 Å². The Kier molecular flexibility index (Phi) is 3.80. The number of benzene rings is 1. The van der Waals surface area contributed by atoms with Crippen molar-refractivity contribution in [3.63, 3.8) is 0 Å². The summed E-state index contributed by atoms with van der Waals surface area (Å²) in [6, 6.07) is 7.23. The highest BCUT2D eigenvalue weighted by molar-refractivity contribution is 6.08. The predicted octanol–water partition coefficient (Wildman–Crippen LogP) is 1.83. The number of aryl methyl sites for hydroxylation is 1. The molecule has 1 aromatic carbocycles. The van der Waals surface area contributed by atoms with Gasteiger partial charge in [0, 0.05) is 23.1 Å². The van der Waals surface area contributed by atoms with Gasteiger partial charge in [0.05, 0.1) is 5.56 Å². The van der Waals surface area contributed by atoms with Crippen LogP contribution in [0.3, 0.4) is 0 Å². The molecule has 0 saturated carbocycles. The van der Waals surface area contributed by atoms with Crippen LogP contribution in [-0.4, -0.2) is 35.1 Å². The number of aromatic nitrogens is 1. The Morgan fingerprint density at radius 2 is 2.11 bits per heavy atom. The number of nitrogens with one attached hydrogen (secondary N) is 2. The molecule has 0 saturated heterocycles. The van der Waals surface area contributed by atoms with Crippen LogP contribution in [0.2, 0.25) is 0 Å². The number of hydrogen-bond acceptors (Lipinski definition) is 2. The molecule has 0 radical (unpaired) electrons. The largest absolute Gasteiger partial charge is 0.385 e. The van der Waals surface area contributed by atoms with Crippen LogP contribution in [0.15, 0.2) is 24.3 Å². The number of hydrogen-bond donors (Lipinski definition) is 3. The zero-order chi connectivity index (χ0) is 14.0. The zero-order valence-electron chi connectivity index (χ0n) is 10.3. The van der Waals surface area contributed by atoms with Gasteiger partial charge in [-0.25, -0.2) is 8.78 Å². The first-order chi connectivity index (χ1) is 9.00. The molecule has 2 rings (SSSR count). The molecule has 0 bridgehead atoms. The van der Waals surface area contributed by atoms with Crippen LogP contribution in [-0.2, 0) is 0 Å². The molecule has 2 aromatic rings. The van der Waals surface area contributed by atoms with Gasteiger partial charge in [-0.15, -0.1) is 0 Å². The standard InChI is InChI=1S/C13H14F2N2O2/c1-7-11(8-4-2-3-5-9(8)17-7)13(19)16-6-10(18)12(14)15/h2-5,10,12,17-18H,6H2,1H3,(H,16,19). The topological polar surface area (TPSA) is 65.1 Å². The van der Waals surface area contributed by atoms with Crippen LogP contribution in [0.4, 0.5) is 8.78 Å². The molecule has 4 nitrogen and oxygen atoms in total. The molecule has 1 heterocycles. The fourth-order valence-corrected chi connectivity index (χ4v) is 1.94. The number of carbonyl (C=O) groups excluding carboxylic acids is 1. The molecule has 0 aliphatic carbocycles. The normalized spacial score (nSPS) is 12.9. The number of aliphatic hydroxyl groups is 1. The van der Waals surface area contributed by atoms with Gasteiger partial charge in [-0.1, -0.05) is 18.2 Å². The van der Waals surface area contributed by atoms with E-state index in [0.717, 1.165) is 10.9 Å². The van der Waals surface area contributed by atoms with Gasteiger partial charge in [-0.2, -0.15) is 0 Å². The lowest BCUT2D eigenvalue weighted by atomic mass is 10.1.